The predicted molar refractivity (Wildman–Crippen MR) is 127 cm³/mol. The van der Waals surface area contributed by atoms with Gasteiger partial charge in [0, 0.05) is 48.4 Å². The van der Waals surface area contributed by atoms with E-state index in [9.17, 15) is 9.59 Å². The molecule has 2 aliphatic heterocycles. The Morgan fingerprint density at radius 3 is 2.85 bits per heavy atom. The fourth-order valence-corrected chi connectivity index (χ4v) is 5.14. The zero-order valence-corrected chi connectivity index (χ0v) is 19.0. The summed E-state index contributed by atoms with van der Waals surface area (Å²) in [5.41, 5.74) is 4.47. The minimum Gasteiger partial charge on any atom is -0.489 e. The van der Waals surface area contributed by atoms with Crippen molar-refractivity contribution in [3.63, 3.8) is 0 Å². The van der Waals surface area contributed by atoms with E-state index in [1.54, 1.807) is 6.20 Å². The Morgan fingerprint density at radius 2 is 2.00 bits per heavy atom. The van der Waals surface area contributed by atoms with Gasteiger partial charge >= 0.3 is 0 Å². The van der Waals surface area contributed by atoms with Crippen LogP contribution in [-0.2, 0) is 22.4 Å². The maximum atomic E-state index is 12.6. The van der Waals surface area contributed by atoms with E-state index >= 15 is 0 Å². The molecule has 0 saturated heterocycles. The largest absolute Gasteiger partial charge is 0.489 e. The van der Waals surface area contributed by atoms with Gasteiger partial charge in [-0.25, -0.2) is 4.98 Å². The zero-order valence-electron chi connectivity index (χ0n) is 19.0. The lowest BCUT2D eigenvalue weighted by molar-refractivity contribution is -0.119. The first-order chi connectivity index (χ1) is 16.5. The first-order valence-electron chi connectivity index (χ1n) is 11.9. The quantitative estimate of drug-likeness (QED) is 0.535. The maximum Gasteiger partial charge on any atom is 0.225 e. The average molecular weight is 455 g/mol. The number of ketones is 1. The second kappa shape index (κ2) is 8.28. The topological polar surface area (TPSA) is 77.5 Å². The van der Waals surface area contributed by atoms with Crippen LogP contribution in [0.1, 0.15) is 47.4 Å². The summed E-state index contributed by atoms with van der Waals surface area (Å²) in [6, 6.07) is 16.1. The molecular formula is C28H26N2O4. The second-order valence-corrected chi connectivity index (χ2v) is 9.49. The average Bonchev–Trinajstić information content (AvgIpc) is 3.35. The molecule has 0 spiro atoms. The van der Waals surface area contributed by atoms with E-state index < -0.39 is 0 Å². The van der Waals surface area contributed by atoms with Crippen LogP contribution in [0.25, 0.3) is 0 Å². The molecule has 3 atom stereocenters. The summed E-state index contributed by atoms with van der Waals surface area (Å²) >= 11 is 0. The van der Waals surface area contributed by atoms with Crippen molar-refractivity contribution in [2.24, 2.45) is 5.92 Å². The van der Waals surface area contributed by atoms with Gasteiger partial charge in [-0.05, 0) is 49.6 Å². The van der Waals surface area contributed by atoms with Gasteiger partial charge in [-0.1, -0.05) is 29.8 Å². The van der Waals surface area contributed by atoms with Crippen LogP contribution in [0.2, 0.25) is 0 Å². The van der Waals surface area contributed by atoms with Gasteiger partial charge in [0.2, 0.25) is 5.91 Å². The lowest BCUT2D eigenvalue weighted by Gasteiger charge is -2.19. The van der Waals surface area contributed by atoms with Crippen LogP contribution in [0.15, 0.2) is 54.7 Å². The standard InChI is InChI=1S/C28H26N2O4/c1-16-2-4-17(5-3-16)6-7-18(31)14-22-26-21-15-19(8-10-23(21)34-27(22)26)33-24-12-13-29-28-20(24)9-11-25(32)30-28/h2-5,8,10,12-13,15,22,26-27H,6-7,9,11,14H2,1H3,(H,29,30,32)/t22-,26-,27+/m0/s1. The zero-order chi connectivity index (χ0) is 23.2. The van der Waals surface area contributed by atoms with E-state index in [2.05, 4.69) is 41.5 Å². The van der Waals surface area contributed by atoms with Crippen LogP contribution < -0.4 is 14.8 Å². The van der Waals surface area contributed by atoms with Crippen LogP contribution in [-0.4, -0.2) is 22.8 Å². The number of rotatable bonds is 7. The van der Waals surface area contributed by atoms with E-state index in [1.807, 2.05) is 24.3 Å². The molecule has 2 aromatic carbocycles. The van der Waals surface area contributed by atoms with Crippen molar-refractivity contribution >= 4 is 17.5 Å². The van der Waals surface area contributed by atoms with Crippen molar-refractivity contribution in [2.45, 2.75) is 51.0 Å². The molecule has 3 aromatic rings. The highest BCUT2D eigenvalue weighted by Gasteiger charge is 2.58. The third kappa shape index (κ3) is 3.94. The van der Waals surface area contributed by atoms with Gasteiger partial charge in [-0.2, -0.15) is 0 Å². The monoisotopic (exact) mass is 454 g/mol. The Bertz CT molecular complexity index is 1280. The Kier molecular flexibility index (Phi) is 5.09. The summed E-state index contributed by atoms with van der Waals surface area (Å²) in [7, 11) is 0. The number of pyridine rings is 1. The van der Waals surface area contributed by atoms with E-state index in [0.29, 0.717) is 43.0 Å². The van der Waals surface area contributed by atoms with Gasteiger partial charge in [0.15, 0.2) is 0 Å². The Morgan fingerprint density at radius 1 is 1.15 bits per heavy atom. The highest BCUT2D eigenvalue weighted by molar-refractivity contribution is 5.93. The van der Waals surface area contributed by atoms with Crippen molar-refractivity contribution in [1.29, 1.82) is 0 Å². The molecule has 3 aliphatic rings. The van der Waals surface area contributed by atoms with Crippen molar-refractivity contribution in [1.82, 2.24) is 4.98 Å². The molecule has 0 radical (unpaired) electrons. The van der Waals surface area contributed by atoms with Crippen molar-refractivity contribution in [2.75, 3.05) is 5.32 Å². The summed E-state index contributed by atoms with van der Waals surface area (Å²) in [6.45, 7) is 2.07. The number of Topliss-reactive ketones (excluding diaryl/α,β-unsaturated/α-hetero) is 1. The van der Waals surface area contributed by atoms with Crippen LogP contribution in [0.5, 0.6) is 17.2 Å². The minimum atomic E-state index is -0.0222. The first kappa shape index (κ1) is 20.9. The number of hydrogen-bond acceptors (Lipinski definition) is 5. The summed E-state index contributed by atoms with van der Waals surface area (Å²) in [6.07, 6.45) is 4.69. The van der Waals surface area contributed by atoms with E-state index in [-0.39, 0.29) is 23.8 Å². The number of carbonyl (C=O) groups excluding carboxylic acids is 2. The Labute approximate surface area is 198 Å². The molecule has 1 aromatic heterocycles. The molecule has 6 heteroatoms. The fourth-order valence-electron chi connectivity index (χ4n) is 5.14. The Hall–Kier alpha value is -3.67. The number of amides is 1. The van der Waals surface area contributed by atoms with Crippen LogP contribution >= 0.6 is 0 Å². The molecule has 6 nitrogen and oxygen atoms in total. The van der Waals surface area contributed by atoms with Crippen LogP contribution in [0.4, 0.5) is 5.82 Å². The molecule has 1 aliphatic carbocycles. The molecular weight excluding hydrogens is 428 g/mol. The normalized spacial score (nSPS) is 21.6. The highest BCUT2D eigenvalue weighted by atomic mass is 16.5. The van der Waals surface area contributed by atoms with Gasteiger partial charge < -0.3 is 14.8 Å². The number of anilines is 1. The summed E-state index contributed by atoms with van der Waals surface area (Å²) in [4.78, 5) is 28.6. The van der Waals surface area contributed by atoms with Crippen LogP contribution in [0.3, 0.4) is 0 Å². The third-order valence-corrected chi connectivity index (χ3v) is 7.08. The number of fused-ring (bicyclic) bond motifs is 4. The molecule has 6 rings (SSSR count). The summed E-state index contributed by atoms with van der Waals surface area (Å²) in [5, 5.41) is 2.81. The number of benzene rings is 2. The fraction of sp³-hybridized carbons (Fsp3) is 0.321. The van der Waals surface area contributed by atoms with E-state index in [0.717, 1.165) is 29.0 Å². The molecule has 0 unspecified atom stereocenters. The van der Waals surface area contributed by atoms with Crippen molar-refractivity contribution in [3.05, 3.63) is 77.0 Å². The molecule has 0 bridgehead atoms. The number of aryl methyl sites for hydroxylation is 2. The van der Waals surface area contributed by atoms with Gasteiger partial charge in [0.25, 0.3) is 0 Å². The number of carbonyl (C=O) groups is 2. The van der Waals surface area contributed by atoms with Crippen LogP contribution in [0, 0.1) is 12.8 Å². The first-order valence-corrected chi connectivity index (χ1v) is 11.9. The predicted octanol–water partition coefficient (Wildman–Crippen LogP) is 5.13. The molecule has 3 heterocycles. The number of nitrogens with zero attached hydrogens (tertiary/aromatic N) is 1. The highest BCUT2D eigenvalue weighted by Crippen LogP contribution is 2.60. The minimum absolute atomic E-state index is 0.0222. The number of hydrogen-bond donors (Lipinski definition) is 1. The molecule has 34 heavy (non-hydrogen) atoms. The van der Waals surface area contributed by atoms with Crippen molar-refractivity contribution < 1.29 is 19.1 Å². The smallest absolute Gasteiger partial charge is 0.225 e. The summed E-state index contributed by atoms with van der Waals surface area (Å²) in [5.74, 6) is 3.67. The number of aromatic nitrogens is 1. The van der Waals surface area contributed by atoms with Gasteiger partial charge in [0.05, 0.1) is 0 Å². The third-order valence-electron chi connectivity index (χ3n) is 7.08. The van der Waals surface area contributed by atoms with E-state index in [4.69, 9.17) is 9.47 Å². The summed E-state index contributed by atoms with van der Waals surface area (Å²) < 4.78 is 12.3. The van der Waals surface area contributed by atoms with E-state index in [1.165, 1.54) is 11.1 Å². The van der Waals surface area contributed by atoms with Crippen molar-refractivity contribution in [3.8, 4) is 17.2 Å². The number of nitrogens with one attached hydrogen (secondary N) is 1. The molecule has 172 valence electrons. The SMILES string of the molecule is Cc1ccc(CCC(=O)C[C@@H]2[C@H]3Oc4ccc(Oc5ccnc6c5CCC(=O)N6)cc4[C@@H]23)cc1. The molecule has 1 fully saturated rings. The maximum absolute atomic E-state index is 12.6. The molecule has 1 amide bonds. The Balaban J connectivity index is 1.10. The lowest BCUT2D eigenvalue weighted by Crippen LogP contribution is -2.20. The number of ether oxygens (including phenoxy) is 2. The van der Waals surface area contributed by atoms with Gasteiger partial charge in [0.1, 0.15) is 35.0 Å². The van der Waals surface area contributed by atoms with Gasteiger partial charge in [-0.3, -0.25) is 9.59 Å². The second-order valence-electron chi connectivity index (χ2n) is 9.49. The molecule has 1 saturated carbocycles. The lowest BCUT2D eigenvalue weighted by atomic mass is 10.0. The van der Waals surface area contributed by atoms with Gasteiger partial charge in [-0.15, -0.1) is 0 Å². The molecule has 1 N–H and O–H groups in total.